The lowest BCUT2D eigenvalue weighted by Gasteiger charge is -2.16. The van der Waals surface area contributed by atoms with Crippen LogP contribution in [-0.2, 0) is 11.8 Å². The molecule has 0 fully saturated rings. The first-order valence-corrected chi connectivity index (χ1v) is 7.08. The van der Waals surface area contributed by atoms with E-state index in [0.29, 0.717) is 12.5 Å². The monoisotopic (exact) mass is 290 g/mol. The molecule has 0 saturated heterocycles. The van der Waals surface area contributed by atoms with Gasteiger partial charge in [0.15, 0.2) is 0 Å². The van der Waals surface area contributed by atoms with Gasteiger partial charge in [0.05, 0.1) is 12.8 Å². The molecule has 0 bridgehead atoms. The number of nitrogens with one attached hydrogen (secondary N) is 2. The third kappa shape index (κ3) is 4.19. The molecule has 2 aromatic rings. The largest absolute Gasteiger partial charge is 0.467 e. The smallest absolute Gasteiger partial charge is 0.233 e. The van der Waals surface area contributed by atoms with Crippen molar-refractivity contribution in [3.8, 4) is 0 Å². The SMILES string of the molecule is CC(C)CNC(=O)CNC(c1ccco1)c1nccn1C. The van der Waals surface area contributed by atoms with E-state index in [-0.39, 0.29) is 18.5 Å². The Morgan fingerprint density at radius 1 is 1.48 bits per heavy atom. The van der Waals surface area contributed by atoms with Crippen LogP contribution >= 0.6 is 0 Å². The van der Waals surface area contributed by atoms with Gasteiger partial charge in [0, 0.05) is 26.0 Å². The molecule has 2 N–H and O–H groups in total. The summed E-state index contributed by atoms with van der Waals surface area (Å²) in [5.74, 6) is 1.95. The van der Waals surface area contributed by atoms with Gasteiger partial charge < -0.3 is 14.3 Å². The third-order valence-corrected chi connectivity index (χ3v) is 3.12. The second kappa shape index (κ2) is 7.08. The van der Waals surface area contributed by atoms with Gasteiger partial charge in [-0.3, -0.25) is 10.1 Å². The van der Waals surface area contributed by atoms with Crippen LogP contribution in [0.3, 0.4) is 0 Å². The number of imidazole rings is 1. The molecule has 114 valence electrons. The molecule has 2 heterocycles. The Hall–Kier alpha value is -2.08. The Balaban J connectivity index is 2.01. The molecule has 0 aliphatic heterocycles. The van der Waals surface area contributed by atoms with Gasteiger partial charge in [-0.25, -0.2) is 4.98 Å². The molecule has 21 heavy (non-hydrogen) atoms. The molecular weight excluding hydrogens is 268 g/mol. The summed E-state index contributed by atoms with van der Waals surface area (Å²) in [6.45, 7) is 5.01. The fourth-order valence-electron chi connectivity index (χ4n) is 2.01. The Bertz CT molecular complexity index is 560. The Kier molecular flexibility index (Phi) is 5.16. The Morgan fingerprint density at radius 2 is 2.29 bits per heavy atom. The van der Waals surface area contributed by atoms with Crippen molar-refractivity contribution < 1.29 is 9.21 Å². The van der Waals surface area contributed by atoms with Crippen molar-refractivity contribution >= 4 is 5.91 Å². The van der Waals surface area contributed by atoms with Crippen LogP contribution in [0.2, 0.25) is 0 Å². The molecule has 2 aromatic heterocycles. The molecule has 2 rings (SSSR count). The molecule has 6 heteroatoms. The molecule has 0 radical (unpaired) electrons. The van der Waals surface area contributed by atoms with Crippen molar-refractivity contribution in [2.45, 2.75) is 19.9 Å². The third-order valence-electron chi connectivity index (χ3n) is 3.12. The summed E-state index contributed by atoms with van der Waals surface area (Å²) in [7, 11) is 1.92. The van der Waals surface area contributed by atoms with Crippen LogP contribution in [0, 0.1) is 5.92 Å². The van der Waals surface area contributed by atoms with Gasteiger partial charge >= 0.3 is 0 Å². The molecule has 0 aliphatic rings. The minimum atomic E-state index is -0.246. The average Bonchev–Trinajstić information content (AvgIpc) is 3.09. The van der Waals surface area contributed by atoms with Gasteiger partial charge in [-0.2, -0.15) is 0 Å². The van der Waals surface area contributed by atoms with E-state index >= 15 is 0 Å². The van der Waals surface area contributed by atoms with E-state index in [4.69, 9.17) is 4.42 Å². The average molecular weight is 290 g/mol. The highest BCUT2D eigenvalue weighted by molar-refractivity contribution is 5.78. The van der Waals surface area contributed by atoms with Gasteiger partial charge in [-0.15, -0.1) is 0 Å². The second-order valence-corrected chi connectivity index (χ2v) is 5.42. The molecule has 1 atom stereocenters. The van der Waals surface area contributed by atoms with Crippen molar-refractivity contribution in [3.63, 3.8) is 0 Å². The Labute approximate surface area is 124 Å². The minimum absolute atomic E-state index is 0.0329. The molecular formula is C15H22N4O2. The summed E-state index contributed by atoms with van der Waals surface area (Å²) in [6, 6.07) is 3.45. The van der Waals surface area contributed by atoms with Crippen LogP contribution in [-0.4, -0.2) is 28.5 Å². The summed E-state index contributed by atoms with van der Waals surface area (Å²) in [4.78, 5) is 16.2. The molecule has 6 nitrogen and oxygen atoms in total. The highest BCUT2D eigenvalue weighted by Crippen LogP contribution is 2.20. The molecule has 0 aliphatic carbocycles. The number of aryl methyl sites for hydroxylation is 1. The maximum atomic E-state index is 11.8. The van der Waals surface area contributed by atoms with E-state index < -0.39 is 0 Å². The zero-order valence-electron chi connectivity index (χ0n) is 12.7. The zero-order valence-corrected chi connectivity index (χ0v) is 12.7. The Morgan fingerprint density at radius 3 is 2.86 bits per heavy atom. The summed E-state index contributed by atoms with van der Waals surface area (Å²) >= 11 is 0. The second-order valence-electron chi connectivity index (χ2n) is 5.42. The zero-order chi connectivity index (χ0) is 15.2. The summed E-state index contributed by atoms with van der Waals surface area (Å²) in [5, 5.41) is 6.08. The number of carbonyl (C=O) groups excluding carboxylic acids is 1. The van der Waals surface area contributed by atoms with E-state index in [2.05, 4.69) is 29.5 Å². The number of carbonyl (C=O) groups is 1. The first-order chi connectivity index (χ1) is 10.1. The first kappa shape index (κ1) is 15.3. The lowest BCUT2D eigenvalue weighted by Crippen LogP contribution is -2.38. The standard InChI is InChI=1S/C15H22N4O2/c1-11(2)9-17-13(20)10-18-14(12-5-4-8-21-12)15-16-6-7-19(15)3/h4-8,11,14,18H,9-10H2,1-3H3,(H,17,20). The van der Waals surface area contributed by atoms with Crippen molar-refractivity contribution in [1.82, 2.24) is 20.2 Å². The predicted molar refractivity (Wildman–Crippen MR) is 79.6 cm³/mol. The number of aromatic nitrogens is 2. The molecule has 0 saturated carbocycles. The van der Waals surface area contributed by atoms with E-state index in [1.54, 1.807) is 12.5 Å². The van der Waals surface area contributed by atoms with E-state index in [1.165, 1.54) is 0 Å². The fraction of sp³-hybridized carbons (Fsp3) is 0.467. The van der Waals surface area contributed by atoms with Crippen molar-refractivity contribution in [2.75, 3.05) is 13.1 Å². The van der Waals surface area contributed by atoms with Gasteiger partial charge in [-0.05, 0) is 18.1 Å². The summed E-state index contributed by atoms with van der Waals surface area (Å²) < 4.78 is 7.37. The summed E-state index contributed by atoms with van der Waals surface area (Å²) in [5.41, 5.74) is 0. The lowest BCUT2D eigenvalue weighted by atomic mass is 10.2. The molecule has 0 spiro atoms. The minimum Gasteiger partial charge on any atom is -0.467 e. The number of rotatable bonds is 7. The highest BCUT2D eigenvalue weighted by Gasteiger charge is 2.21. The van der Waals surface area contributed by atoms with E-state index in [0.717, 1.165) is 11.6 Å². The van der Waals surface area contributed by atoms with Gasteiger partial charge in [0.1, 0.15) is 17.6 Å². The van der Waals surface area contributed by atoms with Crippen LogP contribution in [0.4, 0.5) is 0 Å². The van der Waals surface area contributed by atoms with Gasteiger partial charge in [0.25, 0.3) is 0 Å². The van der Waals surface area contributed by atoms with Crippen LogP contribution < -0.4 is 10.6 Å². The number of hydrogen-bond acceptors (Lipinski definition) is 4. The molecule has 1 unspecified atom stereocenters. The quantitative estimate of drug-likeness (QED) is 0.810. The van der Waals surface area contributed by atoms with Crippen molar-refractivity contribution in [2.24, 2.45) is 13.0 Å². The lowest BCUT2D eigenvalue weighted by molar-refractivity contribution is -0.120. The normalized spacial score (nSPS) is 12.6. The number of amides is 1. The number of furan rings is 1. The summed E-state index contributed by atoms with van der Waals surface area (Å²) in [6.07, 6.45) is 5.21. The first-order valence-electron chi connectivity index (χ1n) is 7.08. The van der Waals surface area contributed by atoms with Crippen LogP contribution in [0.5, 0.6) is 0 Å². The molecule has 0 aromatic carbocycles. The van der Waals surface area contributed by atoms with Crippen LogP contribution in [0.1, 0.15) is 31.5 Å². The van der Waals surface area contributed by atoms with E-state index in [9.17, 15) is 4.79 Å². The van der Waals surface area contributed by atoms with E-state index in [1.807, 2.05) is 29.9 Å². The van der Waals surface area contributed by atoms with Gasteiger partial charge in [-0.1, -0.05) is 13.8 Å². The van der Waals surface area contributed by atoms with Crippen LogP contribution in [0.25, 0.3) is 0 Å². The van der Waals surface area contributed by atoms with Crippen molar-refractivity contribution in [3.05, 3.63) is 42.4 Å². The maximum Gasteiger partial charge on any atom is 0.233 e. The number of nitrogens with zero attached hydrogens (tertiary/aromatic N) is 2. The van der Waals surface area contributed by atoms with Gasteiger partial charge in [0.2, 0.25) is 5.91 Å². The fourth-order valence-corrected chi connectivity index (χ4v) is 2.01. The maximum absolute atomic E-state index is 11.8. The van der Waals surface area contributed by atoms with Crippen molar-refractivity contribution in [1.29, 1.82) is 0 Å². The molecule has 1 amide bonds. The number of hydrogen-bond donors (Lipinski definition) is 2. The predicted octanol–water partition coefficient (Wildman–Crippen LogP) is 1.46. The topological polar surface area (TPSA) is 72.1 Å². The highest BCUT2D eigenvalue weighted by atomic mass is 16.3. The van der Waals surface area contributed by atoms with Crippen LogP contribution in [0.15, 0.2) is 35.2 Å².